The molecule has 0 unspecified atom stereocenters. The molecule has 21 heavy (non-hydrogen) atoms. The van der Waals surface area contributed by atoms with Crippen LogP contribution in [0.4, 0.5) is 10.1 Å². The van der Waals surface area contributed by atoms with Gasteiger partial charge in [0.1, 0.15) is 5.82 Å². The minimum Gasteiger partial charge on any atom is -0.478 e. The first-order valence-electron chi connectivity index (χ1n) is 5.85. The summed E-state index contributed by atoms with van der Waals surface area (Å²) in [6.45, 7) is 1.59. The molecule has 0 saturated heterocycles. The molecule has 7 heteroatoms. The summed E-state index contributed by atoms with van der Waals surface area (Å²) < 4.78 is 13.8. The monoisotopic (exact) mass is 307 g/mol. The summed E-state index contributed by atoms with van der Waals surface area (Å²) in [5.74, 6) is -1.81. The van der Waals surface area contributed by atoms with Crippen LogP contribution >= 0.6 is 11.8 Å². The lowest BCUT2D eigenvalue weighted by atomic mass is 10.2. The van der Waals surface area contributed by atoms with E-state index in [1.165, 1.54) is 6.07 Å². The average Bonchev–Trinajstić information content (AvgIpc) is 2.40. The number of benzene rings is 2. The quantitative estimate of drug-likeness (QED) is 0.684. The maximum Gasteiger partial charge on any atom is 0.335 e. The summed E-state index contributed by atoms with van der Waals surface area (Å²) in [7, 11) is 0. The number of halogens is 1. The van der Waals surface area contributed by atoms with Crippen molar-refractivity contribution in [2.45, 2.75) is 16.7 Å². The molecule has 0 aliphatic rings. The first-order chi connectivity index (χ1) is 9.90. The van der Waals surface area contributed by atoms with Crippen molar-refractivity contribution in [2.75, 3.05) is 0 Å². The average molecular weight is 307 g/mol. The molecule has 0 radical (unpaired) electrons. The zero-order valence-corrected chi connectivity index (χ0v) is 11.7. The maximum atomic E-state index is 13.8. The molecule has 0 aliphatic heterocycles. The number of rotatable bonds is 4. The Kier molecular flexibility index (Phi) is 4.23. The number of nitro benzene ring substituents is 1. The van der Waals surface area contributed by atoms with Crippen LogP contribution in [0.25, 0.3) is 0 Å². The number of carboxylic acid groups (broad SMARTS) is 1. The molecular formula is C14H10FNO4S. The summed E-state index contributed by atoms with van der Waals surface area (Å²) in [4.78, 5) is 21.8. The Morgan fingerprint density at radius 3 is 2.62 bits per heavy atom. The summed E-state index contributed by atoms with van der Waals surface area (Å²) in [5.41, 5.74) is 0.275. The molecule has 0 aliphatic carbocycles. The molecule has 2 aromatic rings. The Bertz CT molecular complexity index is 733. The molecule has 0 aromatic heterocycles. The largest absolute Gasteiger partial charge is 0.478 e. The van der Waals surface area contributed by atoms with Gasteiger partial charge >= 0.3 is 5.97 Å². The van der Waals surface area contributed by atoms with Crippen LogP contribution in [-0.4, -0.2) is 16.0 Å². The summed E-state index contributed by atoms with van der Waals surface area (Å²) in [5, 5.41) is 20.0. The molecule has 0 saturated carbocycles. The Morgan fingerprint density at radius 2 is 2.00 bits per heavy atom. The van der Waals surface area contributed by atoms with Gasteiger partial charge in [0.05, 0.1) is 15.4 Å². The Balaban J connectivity index is 2.48. The van der Waals surface area contributed by atoms with Gasteiger partial charge < -0.3 is 5.11 Å². The van der Waals surface area contributed by atoms with Gasteiger partial charge in [-0.25, -0.2) is 9.18 Å². The third-order valence-corrected chi connectivity index (χ3v) is 3.86. The van der Waals surface area contributed by atoms with Crippen molar-refractivity contribution >= 4 is 23.4 Å². The molecule has 5 nitrogen and oxygen atoms in total. The number of para-hydroxylation sites is 1. The molecule has 2 aromatic carbocycles. The van der Waals surface area contributed by atoms with Gasteiger partial charge in [-0.1, -0.05) is 23.9 Å². The molecule has 2 rings (SSSR count). The van der Waals surface area contributed by atoms with Crippen molar-refractivity contribution in [2.24, 2.45) is 0 Å². The number of carboxylic acids is 1. The molecular weight excluding hydrogens is 297 g/mol. The highest BCUT2D eigenvalue weighted by Crippen LogP contribution is 2.37. The van der Waals surface area contributed by atoms with Crippen LogP contribution in [-0.2, 0) is 0 Å². The van der Waals surface area contributed by atoms with Crippen molar-refractivity contribution in [1.82, 2.24) is 0 Å². The first-order valence-corrected chi connectivity index (χ1v) is 6.66. The van der Waals surface area contributed by atoms with Crippen LogP contribution in [0.2, 0.25) is 0 Å². The zero-order chi connectivity index (χ0) is 15.6. The first kappa shape index (κ1) is 15.0. The number of aromatic carboxylic acids is 1. The van der Waals surface area contributed by atoms with Gasteiger partial charge in [0.25, 0.3) is 5.69 Å². The Hall–Kier alpha value is -2.41. The van der Waals surface area contributed by atoms with E-state index < -0.39 is 16.7 Å². The summed E-state index contributed by atoms with van der Waals surface area (Å²) in [6.07, 6.45) is 0. The van der Waals surface area contributed by atoms with E-state index in [4.69, 9.17) is 5.11 Å². The number of nitrogens with zero attached hydrogens (tertiary/aromatic N) is 1. The van der Waals surface area contributed by atoms with Gasteiger partial charge in [0.2, 0.25) is 0 Å². The van der Waals surface area contributed by atoms with Gasteiger partial charge in [0.15, 0.2) is 0 Å². The van der Waals surface area contributed by atoms with Crippen LogP contribution in [0, 0.1) is 22.9 Å². The lowest BCUT2D eigenvalue weighted by molar-refractivity contribution is -0.388. The second-order valence-corrected chi connectivity index (χ2v) is 5.31. The molecule has 1 N–H and O–H groups in total. The Labute approximate surface area is 123 Å². The van der Waals surface area contributed by atoms with Crippen molar-refractivity contribution in [3.8, 4) is 0 Å². The van der Waals surface area contributed by atoms with E-state index in [0.29, 0.717) is 5.56 Å². The number of carbonyl (C=O) groups is 1. The highest BCUT2D eigenvalue weighted by Gasteiger charge is 2.19. The highest BCUT2D eigenvalue weighted by molar-refractivity contribution is 7.99. The topological polar surface area (TPSA) is 80.4 Å². The van der Waals surface area contributed by atoms with E-state index in [0.717, 1.165) is 30.0 Å². The number of hydrogen-bond acceptors (Lipinski definition) is 4. The molecule has 108 valence electrons. The summed E-state index contributed by atoms with van der Waals surface area (Å²) in [6, 6.07) is 8.06. The predicted octanol–water partition coefficient (Wildman–Crippen LogP) is 3.89. The highest BCUT2D eigenvalue weighted by atomic mass is 32.2. The zero-order valence-electron chi connectivity index (χ0n) is 10.9. The van der Waals surface area contributed by atoms with Crippen LogP contribution in [0.5, 0.6) is 0 Å². The standard InChI is InChI=1S/C14H10FNO4S/c1-8-3-2-4-11(13(8)16(19)20)21-12-7-9(14(17)18)5-6-10(12)15/h2-7H,1H3,(H,17,18). The van der Waals surface area contributed by atoms with Crippen LogP contribution in [0.3, 0.4) is 0 Å². The van der Waals surface area contributed by atoms with E-state index in [1.54, 1.807) is 19.1 Å². The predicted molar refractivity (Wildman–Crippen MR) is 75.3 cm³/mol. The second-order valence-electron chi connectivity index (χ2n) is 4.23. The fraction of sp³-hybridized carbons (Fsp3) is 0.0714. The van der Waals surface area contributed by atoms with E-state index in [9.17, 15) is 19.3 Å². The molecule has 0 atom stereocenters. The second kappa shape index (κ2) is 5.92. The van der Waals surface area contributed by atoms with Crippen LogP contribution < -0.4 is 0 Å². The molecule has 0 bridgehead atoms. The van der Waals surface area contributed by atoms with E-state index in [2.05, 4.69) is 0 Å². The van der Waals surface area contributed by atoms with Gasteiger partial charge in [-0.3, -0.25) is 10.1 Å². The summed E-state index contributed by atoms with van der Waals surface area (Å²) >= 11 is 0.835. The molecule has 0 amide bonds. The Morgan fingerprint density at radius 1 is 1.29 bits per heavy atom. The number of nitro groups is 1. The van der Waals surface area contributed by atoms with Crippen LogP contribution in [0.1, 0.15) is 15.9 Å². The van der Waals surface area contributed by atoms with Gasteiger partial charge in [0, 0.05) is 10.5 Å². The normalized spacial score (nSPS) is 10.4. The van der Waals surface area contributed by atoms with Gasteiger partial charge in [-0.05, 0) is 31.2 Å². The van der Waals surface area contributed by atoms with Crippen LogP contribution in [0.15, 0.2) is 46.2 Å². The third kappa shape index (κ3) is 3.19. The SMILES string of the molecule is Cc1cccc(Sc2cc(C(=O)O)ccc2F)c1[N+](=O)[O-]. The van der Waals surface area contributed by atoms with E-state index in [1.807, 2.05) is 0 Å². The minimum absolute atomic E-state index is 0.0311. The fourth-order valence-electron chi connectivity index (χ4n) is 1.78. The van der Waals surface area contributed by atoms with Crippen molar-refractivity contribution in [3.05, 3.63) is 63.5 Å². The number of hydrogen-bond donors (Lipinski definition) is 1. The minimum atomic E-state index is -1.18. The molecule has 0 spiro atoms. The van der Waals surface area contributed by atoms with Gasteiger partial charge in [-0.15, -0.1) is 0 Å². The van der Waals surface area contributed by atoms with E-state index >= 15 is 0 Å². The van der Waals surface area contributed by atoms with Crippen molar-refractivity contribution in [3.63, 3.8) is 0 Å². The molecule has 0 heterocycles. The lowest BCUT2D eigenvalue weighted by Crippen LogP contribution is -1.98. The van der Waals surface area contributed by atoms with Gasteiger partial charge in [-0.2, -0.15) is 0 Å². The van der Waals surface area contributed by atoms with Crippen molar-refractivity contribution in [1.29, 1.82) is 0 Å². The maximum absolute atomic E-state index is 13.8. The lowest BCUT2D eigenvalue weighted by Gasteiger charge is -2.07. The fourth-order valence-corrected chi connectivity index (χ4v) is 2.85. The number of aryl methyl sites for hydroxylation is 1. The third-order valence-electron chi connectivity index (χ3n) is 2.78. The molecule has 0 fully saturated rings. The van der Waals surface area contributed by atoms with E-state index in [-0.39, 0.29) is 21.0 Å². The smallest absolute Gasteiger partial charge is 0.335 e. The van der Waals surface area contributed by atoms with Crippen molar-refractivity contribution < 1.29 is 19.2 Å².